The molecule has 2 fully saturated rings. The van der Waals surface area contributed by atoms with E-state index in [0.29, 0.717) is 0 Å². The summed E-state index contributed by atoms with van der Waals surface area (Å²) in [5.41, 5.74) is 4.84. The summed E-state index contributed by atoms with van der Waals surface area (Å²) in [5.74, 6) is -1.31. The summed E-state index contributed by atoms with van der Waals surface area (Å²) in [5, 5.41) is 7.87. The van der Waals surface area contributed by atoms with Crippen LogP contribution in [0.1, 0.15) is 13.3 Å². The van der Waals surface area contributed by atoms with Crippen LogP contribution >= 0.6 is 0 Å². The number of carboxylic acids is 1. The lowest BCUT2D eigenvalue weighted by molar-refractivity contribution is -0.154. The number of hydrogen-bond donors (Lipinski definition) is 2. The lowest BCUT2D eigenvalue weighted by Gasteiger charge is -2.12. The van der Waals surface area contributed by atoms with Crippen LogP contribution in [0.4, 0.5) is 0 Å². The summed E-state index contributed by atoms with van der Waals surface area (Å²) in [4.78, 5) is 31.9. The second-order valence-corrected chi connectivity index (χ2v) is 4.87. The third-order valence-electron chi connectivity index (χ3n) is 3.59. The van der Waals surface area contributed by atoms with Gasteiger partial charge in [0.05, 0.1) is 11.8 Å². The molecule has 0 radical (unpaired) electrons. The summed E-state index contributed by atoms with van der Waals surface area (Å²) < 4.78 is 4.59. The molecule has 6 heteroatoms. The van der Waals surface area contributed by atoms with Gasteiger partial charge in [-0.25, -0.2) is 0 Å². The van der Waals surface area contributed by atoms with Crippen LogP contribution in [0.5, 0.6) is 0 Å². The number of allylic oxidation sites excluding steroid dienone is 2. The molecule has 0 aromatic carbocycles. The fraction of sp³-hybridized carbons (Fsp3) is 0.583. The molecule has 1 saturated carbocycles. The van der Waals surface area contributed by atoms with Crippen LogP contribution in [0.3, 0.4) is 0 Å². The molecule has 0 aromatic heterocycles. The average molecular weight is 253 g/mol. The minimum atomic E-state index is -0.963. The van der Waals surface area contributed by atoms with Crippen molar-refractivity contribution in [1.82, 2.24) is 0 Å². The van der Waals surface area contributed by atoms with Crippen molar-refractivity contribution in [2.75, 3.05) is 0 Å². The summed E-state index contributed by atoms with van der Waals surface area (Å²) in [6.45, 7) is 1.42. The van der Waals surface area contributed by atoms with E-state index in [1.807, 2.05) is 12.2 Å². The van der Waals surface area contributed by atoms with E-state index in [-0.39, 0.29) is 35.6 Å². The number of nitrogens with two attached hydrogens (primary N) is 1. The first-order valence-electron chi connectivity index (χ1n) is 5.84. The van der Waals surface area contributed by atoms with Crippen molar-refractivity contribution in [3.05, 3.63) is 12.2 Å². The smallest absolute Gasteiger partial charge is 0.320 e. The van der Waals surface area contributed by atoms with Gasteiger partial charge in [0.2, 0.25) is 0 Å². The summed E-state index contributed by atoms with van der Waals surface area (Å²) in [6, 6.07) is -0.731. The van der Waals surface area contributed by atoms with E-state index in [0.717, 1.165) is 6.42 Å². The number of esters is 2. The molecule has 98 valence electrons. The third kappa shape index (κ3) is 2.03. The number of rotatable bonds is 1. The maximum absolute atomic E-state index is 11.2. The Labute approximate surface area is 104 Å². The predicted molar refractivity (Wildman–Crippen MR) is 60.1 cm³/mol. The quantitative estimate of drug-likeness (QED) is 0.385. The van der Waals surface area contributed by atoms with Gasteiger partial charge in [0.25, 0.3) is 0 Å². The first-order valence-corrected chi connectivity index (χ1v) is 5.84. The number of aliphatic carboxylic acids is 1. The summed E-state index contributed by atoms with van der Waals surface area (Å²) in [7, 11) is 0. The SMILES string of the molecule is CC(N)C(=O)O.O=C1OC(=O)C2C3C=CC(C3)C12. The number of cyclic esters (lactones) is 2. The van der Waals surface area contributed by atoms with Gasteiger partial charge in [0.15, 0.2) is 0 Å². The van der Waals surface area contributed by atoms with Gasteiger partial charge in [-0.05, 0) is 25.2 Å². The lowest BCUT2D eigenvalue weighted by Crippen LogP contribution is -2.25. The first kappa shape index (κ1) is 12.8. The molecule has 3 rings (SSSR count). The first-order chi connectivity index (χ1) is 8.41. The van der Waals surface area contributed by atoms with Crippen molar-refractivity contribution < 1.29 is 24.2 Å². The standard InChI is InChI=1S/C9H8O3.C3H7NO2/c10-8-6-4-1-2-5(3-4)7(6)9(11)12-8;1-2(4)3(5)6/h1-2,4-7H,3H2;2H,4H2,1H3,(H,5,6). The highest BCUT2D eigenvalue weighted by Gasteiger charge is 2.57. The van der Waals surface area contributed by atoms with Crippen molar-refractivity contribution in [3.8, 4) is 0 Å². The Hall–Kier alpha value is -1.69. The molecule has 2 bridgehead atoms. The zero-order valence-corrected chi connectivity index (χ0v) is 9.91. The predicted octanol–water partition coefficient (Wildman–Crippen LogP) is -0.0737. The van der Waals surface area contributed by atoms with Gasteiger partial charge in [-0.3, -0.25) is 14.4 Å². The van der Waals surface area contributed by atoms with Crippen molar-refractivity contribution in [2.24, 2.45) is 29.4 Å². The highest BCUT2D eigenvalue weighted by molar-refractivity contribution is 5.98. The van der Waals surface area contributed by atoms with E-state index < -0.39 is 12.0 Å². The zero-order chi connectivity index (χ0) is 13.4. The molecule has 6 nitrogen and oxygen atoms in total. The molecule has 0 aromatic rings. The zero-order valence-electron chi connectivity index (χ0n) is 9.91. The molecule has 0 spiro atoms. The Bertz CT molecular complexity index is 400. The van der Waals surface area contributed by atoms with Gasteiger partial charge in [-0.2, -0.15) is 0 Å². The van der Waals surface area contributed by atoms with Crippen molar-refractivity contribution >= 4 is 17.9 Å². The Morgan fingerprint density at radius 3 is 2.06 bits per heavy atom. The van der Waals surface area contributed by atoms with E-state index in [1.54, 1.807) is 0 Å². The summed E-state index contributed by atoms with van der Waals surface area (Å²) >= 11 is 0. The molecular weight excluding hydrogens is 238 g/mol. The van der Waals surface area contributed by atoms with Crippen LogP contribution in [-0.2, 0) is 19.1 Å². The van der Waals surface area contributed by atoms with Crippen LogP contribution in [0, 0.1) is 23.7 Å². The maximum atomic E-state index is 11.2. The minimum absolute atomic E-state index is 0.146. The number of carboxylic acid groups (broad SMARTS) is 1. The minimum Gasteiger partial charge on any atom is -0.480 e. The number of fused-ring (bicyclic) bond motifs is 5. The molecule has 18 heavy (non-hydrogen) atoms. The normalized spacial score (nSPS) is 36.8. The molecule has 3 aliphatic rings. The highest BCUT2D eigenvalue weighted by Crippen LogP contribution is 2.51. The molecule has 1 heterocycles. The van der Waals surface area contributed by atoms with Crippen LogP contribution in [0.25, 0.3) is 0 Å². The Kier molecular flexibility index (Phi) is 3.21. The van der Waals surface area contributed by atoms with Crippen molar-refractivity contribution in [1.29, 1.82) is 0 Å². The van der Waals surface area contributed by atoms with E-state index in [2.05, 4.69) is 4.74 Å². The molecule has 0 amide bonds. The highest BCUT2D eigenvalue weighted by atomic mass is 16.6. The van der Waals surface area contributed by atoms with Gasteiger partial charge < -0.3 is 15.6 Å². The third-order valence-corrected chi connectivity index (χ3v) is 3.59. The Morgan fingerprint density at radius 1 is 1.33 bits per heavy atom. The van der Waals surface area contributed by atoms with E-state index in [1.165, 1.54) is 6.92 Å². The van der Waals surface area contributed by atoms with E-state index in [4.69, 9.17) is 10.8 Å². The topological polar surface area (TPSA) is 107 Å². The largest absolute Gasteiger partial charge is 0.480 e. The van der Waals surface area contributed by atoms with E-state index in [9.17, 15) is 14.4 Å². The molecule has 1 saturated heterocycles. The van der Waals surface area contributed by atoms with Crippen LogP contribution in [0.15, 0.2) is 12.2 Å². The Morgan fingerprint density at radius 2 is 1.72 bits per heavy atom. The molecular formula is C12H15NO5. The van der Waals surface area contributed by atoms with Gasteiger partial charge >= 0.3 is 17.9 Å². The molecule has 5 atom stereocenters. The maximum Gasteiger partial charge on any atom is 0.320 e. The second-order valence-electron chi connectivity index (χ2n) is 4.87. The second kappa shape index (κ2) is 4.53. The average Bonchev–Trinajstić information content (AvgIpc) is 2.94. The summed E-state index contributed by atoms with van der Waals surface area (Å²) in [6.07, 6.45) is 5.06. The number of carbonyl (C=O) groups excluding carboxylic acids is 2. The van der Waals surface area contributed by atoms with Gasteiger partial charge in [-0.15, -0.1) is 0 Å². The molecule has 1 aliphatic heterocycles. The molecule has 5 unspecified atom stereocenters. The number of hydrogen-bond acceptors (Lipinski definition) is 5. The van der Waals surface area contributed by atoms with Crippen molar-refractivity contribution in [3.63, 3.8) is 0 Å². The van der Waals surface area contributed by atoms with E-state index >= 15 is 0 Å². The van der Waals surface area contributed by atoms with Gasteiger partial charge in [0.1, 0.15) is 6.04 Å². The van der Waals surface area contributed by atoms with Crippen molar-refractivity contribution in [2.45, 2.75) is 19.4 Å². The molecule has 2 aliphatic carbocycles. The molecule has 3 N–H and O–H groups in total. The van der Waals surface area contributed by atoms with Crippen LogP contribution in [0.2, 0.25) is 0 Å². The number of carbonyl (C=O) groups is 3. The fourth-order valence-electron chi connectivity index (χ4n) is 2.70. The Balaban J connectivity index is 0.000000174. The number of ether oxygens (including phenoxy) is 1. The lowest BCUT2D eigenvalue weighted by atomic mass is 9.85. The van der Waals surface area contributed by atoms with Crippen LogP contribution in [-0.4, -0.2) is 29.1 Å². The monoisotopic (exact) mass is 253 g/mol. The van der Waals surface area contributed by atoms with Crippen LogP contribution < -0.4 is 5.73 Å². The van der Waals surface area contributed by atoms with Gasteiger partial charge in [-0.1, -0.05) is 12.2 Å². The van der Waals surface area contributed by atoms with Gasteiger partial charge in [0, 0.05) is 0 Å². The fourth-order valence-corrected chi connectivity index (χ4v) is 2.70.